The fourth-order valence-electron chi connectivity index (χ4n) is 6.33. The molecular formula is C27H32ClNO4. The standard InChI is InChI=1S/C27H32ClNO4/c1-17-22(26(31)32-2)8-10-24-25(17)29(13-19-5-6-20(19)14-30)15-27(16-33-24)11-3-4-18-12-21(28)7-9-23(18)27/h7-10,12,14,17,19-20,22H,3-6,11,13,15-16H2,1-2H3/t17?,19-,20-,22?,27-/m0/s1. The average Bonchev–Trinajstić information content (AvgIpc) is 2.95. The molecule has 1 aromatic carbocycles. The number of carbonyl (C=O) groups excluding carboxylic acids is 2. The van der Waals surface area contributed by atoms with E-state index in [1.165, 1.54) is 18.2 Å². The lowest BCUT2D eigenvalue weighted by Crippen LogP contribution is -2.48. The molecule has 5 nitrogen and oxygen atoms in total. The summed E-state index contributed by atoms with van der Waals surface area (Å²) >= 11 is 6.33. The molecule has 176 valence electrons. The first-order valence-corrected chi connectivity index (χ1v) is 12.5. The number of benzene rings is 1. The molecule has 5 atom stereocenters. The van der Waals surface area contributed by atoms with Crippen molar-refractivity contribution in [3.63, 3.8) is 0 Å². The van der Waals surface area contributed by atoms with Gasteiger partial charge in [-0.1, -0.05) is 30.7 Å². The maximum Gasteiger partial charge on any atom is 0.313 e. The van der Waals surface area contributed by atoms with E-state index in [-0.39, 0.29) is 29.1 Å². The van der Waals surface area contributed by atoms with Crippen molar-refractivity contribution in [2.75, 3.05) is 26.8 Å². The molecule has 4 aliphatic rings. The van der Waals surface area contributed by atoms with Crippen molar-refractivity contribution in [2.24, 2.45) is 23.7 Å². The zero-order chi connectivity index (χ0) is 23.2. The van der Waals surface area contributed by atoms with E-state index < -0.39 is 0 Å². The summed E-state index contributed by atoms with van der Waals surface area (Å²) < 4.78 is 11.6. The first-order chi connectivity index (χ1) is 16.0. The molecule has 6 heteroatoms. The monoisotopic (exact) mass is 469 g/mol. The predicted molar refractivity (Wildman–Crippen MR) is 127 cm³/mol. The Morgan fingerprint density at radius 1 is 1.36 bits per heavy atom. The van der Waals surface area contributed by atoms with Gasteiger partial charge in [0.05, 0.1) is 25.3 Å². The van der Waals surface area contributed by atoms with Gasteiger partial charge in [0, 0.05) is 35.4 Å². The first kappa shape index (κ1) is 22.5. The summed E-state index contributed by atoms with van der Waals surface area (Å²) in [7, 11) is 1.44. The summed E-state index contributed by atoms with van der Waals surface area (Å²) in [6.45, 7) is 4.30. The van der Waals surface area contributed by atoms with Gasteiger partial charge in [-0.25, -0.2) is 0 Å². The molecule has 1 aliphatic heterocycles. The van der Waals surface area contributed by atoms with Crippen LogP contribution in [0.1, 0.15) is 43.7 Å². The third-order valence-corrected chi connectivity index (χ3v) is 8.57. The number of allylic oxidation sites excluding steroid dienone is 2. The Labute approximate surface area is 200 Å². The number of hydrogen-bond donors (Lipinski definition) is 0. The summed E-state index contributed by atoms with van der Waals surface area (Å²) in [4.78, 5) is 26.5. The SMILES string of the molecule is COC(=O)C1C=CC2=C(C1C)N(C[C@@H]1CC[C@H]1C=O)C[C@@]1(CCCc3cc(Cl)ccc31)CO2. The van der Waals surface area contributed by atoms with Crippen molar-refractivity contribution >= 4 is 23.9 Å². The van der Waals surface area contributed by atoms with Gasteiger partial charge in [0.1, 0.15) is 12.0 Å². The number of aryl methyl sites for hydroxylation is 1. The van der Waals surface area contributed by atoms with E-state index in [2.05, 4.69) is 24.0 Å². The van der Waals surface area contributed by atoms with Crippen LogP contribution in [0, 0.1) is 23.7 Å². The summed E-state index contributed by atoms with van der Waals surface area (Å²) in [6, 6.07) is 6.27. The zero-order valence-electron chi connectivity index (χ0n) is 19.4. The van der Waals surface area contributed by atoms with Crippen molar-refractivity contribution in [3.05, 3.63) is 58.0 Å². The highest BCUT2D eigenvalue weighted by atomic mass is 35.5. The minimum Gasteiger partial charge on any atom is -0.491 e. The van der Waals surface area contributed by atoms with E-state index in [9.17, 15) is 9.59 Å². The number of rotatable bonds is 4. The van der Waals surface area contributed by atoms with Crippen molar-refractivity contribution in [3.8, 4) is 0 Å². The van der Waals surface area contributed by atoms with Crippen LogP contribution in [-0.2, 0) is 30.9 Å². The van der Waals surface area contributed by atoms with E-state index in [4.69, 9.17) is 21.1 Å². The lowest BCUT2D eigenvalue weighted by molar-refractivity contribution is -0.145. The zero-order valence-corrected chi connectivity index (χ0v) is 20.1. The lowest BCUT2D eigenvalue weighted by atomic mass is 9.69. The molecule has 5 rings (SSSR count). The van der Waals surface area contributed by atoms with Crippen LogP contribution in [0.15, 0.2) is 41.8 Å². The maximum absolute atomic E-state index is 12.5. The molecule has 0 aromatic heterocycles. The van der Waals surface area contributed by atoms with Crippen LogP contribution in [0.25, 0.3) is 0 Å². The minimum absolute atomic E-state index is 0.0596. The largest absolute Gasteiger partial charge is 0.491 e. The minimum atomic E-state index is -0.338. The highest BCUT2D eigenvalue weighted by Gasteiger charge is 2.46. The molecule has 1 spiro atoms. The highest BCUT2D eigenvalue weighted by Crippen LogP contribution is 2.46. The molecule has 0 bridgehead atoms. The van der Waals surface area contributed by atoms with Crippen LogP contribution in [0.4, 0.5) is 0 Å². The second-order valence-electron chi connectivity index (χ2n) is 10.2. The van der Waals surface area contributed by atoms with Gasteiger partial charge < -0.3 is 19.2 Å². The molecule has 2 unspecified atom stereocenters. The molecule has 0 radical (unpaired) electrons. The van der Waals surface area contributed by atoms with Gasteiger partial charge in [-0.3, -0.25) is 4.79 Å². The van der Waals surface area contributed by atoms with E-state index >= 15 is 0 Å². The lowest BCUT2D eigenvalue weighted by Gasteiger charge is -2.45. The second-order valence-corrected chi connectivity index (χ2v) is 10.6. The summed E-state index contributed by atoms with van der Waals surface area (Å²) in [5.41, 5.74) is 3.55. The van der Waals surface area contributed by atoms with Crippen LogP contribution in [0.2, 0.25) is 5.02 Å². The van der Waals surface area contributed by atoms with Crippen molar-refractivity contribution < 1.29 is 19.1 Å². The van der Waals surface area contributed by atoms with E-state index in [1.807, 2.05) is 18.2 Å². The second kappa shape index (κ2) is 8.83. The molecule has 1 saturated carbocycles. The van der Waals surface area contributed by atoms with Crippen LogP contribution in [0.3, 0.4) is 0 Å². The Hall–Kier alpha value is -2.27. The number of carbonyl (C=O) groups is 2. The Balaban J connectivity index is 1.54. The Morgan fingerprint density at radius 2 is 2.21 bits per heavy atom. The Bertz CT molecular complexity index is 1020. The van der Waals surface area contributed by atoms with Gasteiger partial charge in [0.15, 0.2) is 0 Å². The van der Waals surface area contributed by atoms with Gasteiger partial charge in [-0.05, 0) is 67.4 Å². The summed E-state index contributed by atoms with van der Waals surface area (Å²) in [5.74, 6) is 0.691. The Kier molecular flexibility index (Phi) is 6.02. The number of fused-ring (bicyclic) bond motifs is 2. The summed E-state index contributed by atoms with van der Waals surface area (Å²) in [5, 5.41) is 0.774. The number of methoxy groups -OCH3 is 1. The van der Waals surface area contributed by atoms with Crippen LogP contribution >= 0.6 is 11.6 Å². The average molecular weight is 470 g/mol. The maximum atomic E-state index is 12.5. The molecule has 1 heterocycles. The van der Waals surface area contributed by atoms with Crippen molar-refractivity contribution in [2.45, 2.75) is 44.4 Å². The van der Waals surface area contributed by atoms with Crippen molar-refractivity contribution in [1.29, 1.82) is 0 Å². The molecule has 0 N–H and O–H groups in total. The fraction of sp³-hybridized carbons (Fsp3) is 0.556. The third-order valence-electron chi connectivity index (χ3n) is 8.33. The molecular weight excluding hydrogens is 438 g/mol. The first-order valence-electron chi connectivity index (χ1n) is 12.1. The molecule has 0 amide bonds. The van der Waals surface area contributed by atoms with Crippen LogP contribution in [-0.4, -0.2) is 44.0 Å². The number of hydrogen-bond acceptors (Lipinski definition) is 5. The highest BCUT2D eigenvalue weighted by molar-refractivity contribution is 6.30. The molecule has 33 heavy (non-hydrogen) atoms. The predicted octanol–water partition coefficient (Wildman–Crippen LogP) is 4.68. The molecule has 1 aromatic rings. The van der Waals surface area contributed by atoms with Crippen molar-refractivity contribution in [1.82, 2.24) is 4.90 Å². The van der Waals surface area contributed by atoms with Gasteiger partial charge in [0.25, 0.3) is 0 Å². The normalized spacial score (nSPS) is 32.9. The number of aldehydes is 1. The van der Waals surface area contributed by atoms with Crippen LogP contribution < -0.4 is 0 Å². The van der Waals surface area contributed by atoms with Gasteiger partial charge in [-0.15, -0.1) is 0 Å². The van der Waals surface area contributed by atoms with Gasteiger partial charge in [0.2, 0.25) is 0 Å². The number of esters is 1. The third kappa shape index (κ3) is 3.88. The number of nitrogens with zero attached hydrogens (tertiary/aromatic N) is 1. The summed E-state index contributed by atoms with van der Waals surface area (Å²) in [6.07, 6.45) is 10.2. The van der Waals surface area contributed by atoms with E-state index in [0.717, 1.165) is 68.0 Å². The molecule has 1 fully saturated rings. The smallest absolute Gasteiger partial charge is 0.313 e. The van der Waals surface area contributed by atoms with E-state index in [1.54, 1.807) is 0 Å². The van der Waals surface area contributed by atoms with Gasteiger partial charge >= 0.3 is 5.97 Å². The fourth-order valence-corrected chi connectivity index (χ4v) is 6.53. The number of ether oxygens (including phenoxy) is 2. The topological polar surface area (TPSA) is 55.8 Å². The Morgan fingerprint density at radius 3 is 2.94 bits per heavy atom. The molecule has 3 aliphatic carbocycles. The van der Waals surface area contributed by atoms with E-state index in [0.29, 0.717) is 12.5 Å². The number of halogens is 1. The van der Waals surface area contributed by atoms with Crippen LogP contribution in [0.5, 0.6) is 0 Å². The molecule has 0 saturated heterocycles. The van der Waals surface area contributed by atoms with Gasteiger partial charge in [-0.2, -0.15) is 0 Å². The quantitative estimate of drug-likeness (QED) is 0.473.